The van der Waals surface area contributed by atoms with E-state index in [4.69, 9.17) is 5.11 Å². The maximum Gasteiger partial charge on any atom is 0.349 e. The van der Waals surface area contributed by atoms with Crippen LogP contribution in [0.5, 0.6) is 0 Å². The molecule has 0 spiro atoms. The molecule has 0 aromatic rings. The zero-order valence-electron chi connectivity index (χ0n) is 9.30. The van der Waals surface area contributed by atoms with E-state index in [1.54, 1.807) is 0 Å². The summed E-state index contributed by atoms with van der Waals surface area (Å²) in [4.78, 5) is 4.53. The molecule has 1 aliphatic rings. The van der Waals surface area contributed by atoms with Crippen molar-refractivity contribution in [1.29, 1.82) is 0 Å². The summed E-state index contributed by atoms with van der Waals surface area (Å²) in [6.45, 7) is 2.29. The molecule has 0 aliphatic carbocycles. The molecule has 0 bridgehead atoms. The van der Waals surface area contributed by atoms with Gasteiger partial charge in [0.25, 0.3) is 0 Å². The number of nitrogens with zero attached hydrogens (tertiary/aromatic N) is 3. The van der Waals surface area contributed by atoms with Crippen LogP contribution in [-0.4, -0.2) is 68.0 Å². The molecule has 0 saturated carbocycles. The summed E-state index contributed by atoms with van der Waals surface area (Å²) in [5, 5.41) is 8.10. The van der Waals surface area contributed by atoms with Crippen molar-refractivity contribution in [2.45, 2.75) is 6.36 Å². The van der Waals surface area contributed by atoms with Gasteiger partial charge in [-0.15, -0.1) is 0 Å². The molecule has 0 aromatic heterocycles. The predicted octanol–water partition coefficient (Wildman–Crippen LogP) is -0.642. The van der Waals surface area contributed by atoms with Gasteiger partial charge in [0, 0.05) is 0 Å². The van der Waals surface area contributed by atoms with Crippen molar-refractivity contribution in [3.8, 4) is 0 Å². The van der Waals surface area contributed by atoms with E-state index in [9.17, 15) is 13.2 Å². The van der Waals surface area contributed by atoms with Crippen molar-refractivity contribution in [1.82, 2.24) is 9.80 Å². The van der Waals surface area contributed by atoms with Crippen molar-refractivity contribution in [2.75, 3.05) is 41.3 Å². The number of rotatable bonds is 0. The van der Waals surface area contributed by atoms with Crippen LogP contribution in [0.25, 0.3) is 0 Å². The van der Waals surface area contributed by atoms with Gasteiger partial charge in [0.05, 0.1) is 41.3 Å². The van der Waals surface area contributed by atoms with E-state index in [-0.39, 0.29) is 0 Å². The summed E-state index contributed by atoms with van der Waals surface area (Å²) in [7, 11) is 8.40. The van der Waals surface area contributed by atoms with Gasteiger partial charge >= 0.3 is 12.3 Å². The van der Waals surface area contributed by atoms with Gasteiger partial charge in [-0.25, -0.2) is 0 Å². The first-order valence-electron chi connectivity index (χ1n) is 4.36. The minimum atomic E-state index is -5.25. The first kappa shape index (κ1) is 14.0. The predicted molar refractivity (Wildman–Crippen MR) is 48.4 cm³/mol. The Morgan fingerprint density at radius 3 is 1.53 bits per heavy atom. The lowest BCUT2D eigenvalue weighted by Crippen LogP contribution is -2.35. The van der Waals surface area contributed by atoms with Gasteiger partial charge in [-0.2, -0.15) is 13.2 Å². The van der Waals surface area contributed by atoms with E-state index in [2.05, 4.69) is 42.6 Å². The topological polar surface area (TPSA) is 32.5 Å². The molecule has 0 amide bonds. The fourth-order valence-electron chi connectivity index (χ4n) is 1.47. The average molecular weight is 227 g/mol. The van der Waals surface area contributed by atoms with Crippen LogP contribution in [0.2, 0.25) is 0 Å². The average Bonchev–Trinajstić information content (AvgIpc) is 2.26. The number of hydrogen-bond acceptors (Lipinski definition) is 1. The van der Waals surface area contributed by atoms with Crippen LogP contribution in [-0.2, 0) is 0 Å². The Hall–Kier alpha value is -0.980. The maximum atomic E-state index is 9.80. The van der Waals surface area contributed by atoms with Crippen molar-refractivity contribution in [3.05, 3.63) is 0 Å². The summed E-state index contributed by atoms with van der Waals surface area (Å²) in [5.41, 5.74) is 0. The zero-order chi connectivity index (χ0) is 12.2. The zero-order valence-corrected chi connectivity index (χ0v) is 9.30. The summed E-state index contributed by atoms with van der Waals surface area (Å²) in [6, 6.07) is 0. The molecule has 15 heavy (non-hydrogen) atoms. The monoisotopic (exact) mass is 227 g/mol. The van der Waals surface area contributed by atoms with E-state index in [1.165, 1.54) is 5.96 Å². The normalized spacial score (nSPS) is 16.4. The Labute approximate surface area is 87.2 Å². The van der Waals surface area contributed by atoms with Gasteiger partial charge in [-0.05, 0) is 0 Å². The fraction of sp³-hybridized carbons (Fsp3) is 0.875. The van der Waals surface area contributed by atoms with Gasteiger partial charge in [-0.3, -0.25) is 14.4 Å². The molecular weight excluding hydrogens is 211 g/mol. The second kappa shape index (κ2) is 5.20. The van der Waals surface area contributed by atoms with Crippen molar-refractivity contribution in [2.24, 2.45) is 0 Å². The quantitative estimate of drug-likeness (QED) is 0.516. The van der Waals surface area contributed by atoms with Crippen molar-refractivity contribution < 1.29 is 22.9 Å². The number of alkyl halides is 3. The summed E-state index contributed by atoms with van der Waals surface area (Å²) < 4.78 is 31.5. The van der Waals surface area contributed by atoms with Crippen LogP contribution in [0.1, 0.15) is 0 Å². The maximum absolute atomic E-state index is 9.80. The lowest BCUT2D eigenvalue weighted by Gasteiger charge is -2.10. The fourth-order valence-corrected chi connectivity index (χ4v) is 1.47. The lowest BCUT2D eigenvalue weighted by atomic mass is 10.6. The number of likely N-dealkylation sites (N-methyl/N-ethyl adjacent to an activating group) is 2. The molecule has 1 aliphatic heterocycles. The van der Waals surface area contributed by atoms with Gasteiger partial charge in [0.1, 0.15) is 0 Å². The van der Waals surface area contributed by atoms with Gasteiger partial charge in [0.15, 0.2) is 0 Å². The Morgan fingerprint density at radius 1 is 1.13 bits per heavy atom. The standard InChI is InChI=1S/C7H16N3.CF3O/c1-8(2)7-9(3)5-6-10(7)4;2-1(3,4)5/h5-6H2,1-4H3;/q+1;-1. The molecule has 7 heteroatoms. The molecule has 0 aromatic carbocycles. The number of guanidine groups is 1. The SMILES string of the molecule is CN1CCN(C)C1=[N+](C)C.[O-]C(F)(F)F. The van der Waals surface area contributed by atoms with Crippen LogP contribution in [0.3, 0.4) is 0 Å². The van der Waals surface area contributed by atoms with E-state index in [1.807, 2.05) is 0 Å². The summed E-state index contributed by atoms with van der Waals surface area (Å²) >= 11 is 0. The molecule has 1 saturated heterocycles. The van der Waals surface area contributed by atoms with Gasteiger partial charge in [-0.1, -0.05) is 0 Å². The Kier molecular flexibility index (Phi) is 4.86. The molecule has 90 valence electrons. The second-order valence-corrected chi connectivity index (χ2v) is 3.48. The van der Waals surface area contributed by atoms with Crippen LogP contribution in [0.4, 0.5) is 13.2 Å². The summed E-state index contributed by atoms with van der Waals surface area (Å²) in [6.07, 6.45) is -5.25. The molecule has 0 atom stereocenters. The van der Waals surface area contributed by atoms with E-state index < -0.39 is 6.36 Å². The number of hydrogen-bond donors (Lipinski definition) is 0. The Bertz CT molecular complexity index is 218. The highest BCUT2D eigenvalue weighted by atomic mass is 19.4. The Balaban J connectivity index is 0.000000336. The lowest BCUT2D eigenvalue weighted by molar-refractivity contribution is -0.618. The third-order valence-corrected chi connectivity index (χ3v) is 1.85. The third kappa shape index (κ3) is 6.16. The molecular formula is C8H16F3N3O. The molecule has 1 rings (SSSR count). The summed E-state index contributed by atoms with van der Waals surface area (Å²) in [5.74, 6) is 1.31. The molecule has 0 N–H and O–H groups in total. The van der Waals surface area contributed by atoms with Gasteiger partial charge < -0.3 is 5.11 Å². The first-order chi connectivity index (χ1) is 6.63. The highest BCUT2D eigenvalue weighted by Gasteiger charge is 2.28. The van der Waals surface area contributed by atoms with Gasteiger partial charge in [0.2, 0.25) is 0 Å². The highest BCUT2D eigenvalue weighted by molar-refractivity contribution is 5.76. The smallest absolute Gasteiger partial charge is 0.349 e. The van der Waals surface area contributed by atoms with E-state index in [0.29, 0.717) is 0 Å². The first-order valence-corrected chi connectivity index (χ1v) is 4.36. The van der Waals surface area contributed by atoms with Crippen LogP contribution >= 0.6 is 0 Å². The minimum Gasteiger partial charge on any atom is -0.771 e. The third-order valence-electron chi connectivity index (χ3n) is 1.85. The highest BCUT2D eigenvalue weighted by Crippen LogP contribution is 2.01. The number of halogens is 3. The second-order valence-electron chi connectivity index (χ2n) is 3.48. The largest absolute Gasteiger partial charge is 0.771 e. The van der Waals surface area contributed by atoms with Crippen LogP contribution in [0, 0.1) is 0 Å². The molecule has 0 unspecified atom stereocenters. The molecule has 4 nitrogen and oxygen atoms in total. The van der Waals surface area contributed by atoms with E-state index >= 15 is 0 Å². The van der Waals surface area contributed by atoms with Crippen molar-refractivity contribution >= 4 is 5.96 Å². The van der Waals surface area contributed by atoms with Crippen LogP contribution < -0.4 is 5.11 Å². The minimum absolute atomic E-state index is 1.14. The Morgan fingerprint density at radius 2 is 1.40 bits per heavy atom. The van der Waals surface area contributed by atoms with Crippen LogP contribution in [0.15, 0.2) is 0 Å². The molecule has 0 radical (unpaired) electrons. The molecule has 1 heterocycles. The van der Waals surface area contributed by atoms with E-state index in [0.717, 1.165) is 13.1 Å². The molecule has 1 fully saturated rings. The van der Waals surface area contributed by atoms with Crippen molar-refractivity contribution in [3.63, 3.8) is 0 Å².